The van der Waals surface area contributed by atoms with Crippen molar-refractivity contribution in [3.8, 4) is 5.75 Å². The molecule has 37 heavy (non-hydrogen) atoms. The number of hydrogen-bond donors (Lipinski definition) is 1. The van der Waals surface area contributed by atoms with Crippen molar-refractivity contribution in [1.82, 2.24) is 10.2 Å². The monoisotopic (exact) mass is 540 g/mol. The Labute approximate surface area is 225 Å². The number of carbonyl (C=O) groups is 1. The number of ether oxygens (including phenoxy) is 1. The third kappa shape index (κ3) is 6.08. The Morgan fingerprint density at radius 2 is 1.84 bits per heavy atom. The Morgan fingerprint density at radius 3 is 2.46 bits per heavy atom. The molecule has 198 valence electrons. The van der Waals surface area contributed by atoms with Crippen LogP contribution in [0.1, 0.15) is 49.5 Å². The molecule has 0 unspecified atom stereocenters. The highest BCUT2D eigenvalue weighted by Crippen LogP contribution is 2.39. The fraction of sp³-hybridized carbons (Fsp3) is 0.464. The predicted octanol–water partition coefficient (Wildman–Crippen LogP) is 6.71. The molecule has 4 rings (SSSR count). The van der Waals surface area contributed by atoms with Crippen LogP contribution in [0.4, 0.5) is 11.6 Å². The molecular formula is C28H37ClN4O3Si. The summed E-state index contributed by atoms with van der Waals surface area (Å²) in [5.74, 6) is 2.11. The van der Waals surface area contributed by atoms with Crippen molar-refractivity contribution in [2.75, 3.05) is 30.4 Å². The molecule has 1 aromatic heterocycles. The lowest BCUT2D eigenvalue weighted by Gasteiger charge is -2.42. The van der Waals surface area contributed by atoms with Crippen molar-refractivity contribution in [3.63, 3.8) is 0 Å². The van der Waals surface area contributed by atoms with Gasteiger partial charge >= 0.3 is 0 Å². The minimum atomic E-state index is -1.80. The lowest BCUT2D eigenvalue weighted by Crippen LogP contribution is -2.47. The van der Waals surface area contributed by atoms with Crippen LogP contribution in [0.25, 0.3) is 10.8 Å². The number of methoxy groups -OCH3 is 1. The average molecular weight is 541 g/mol. The van der Waals surface area contributed by atoms with Crippen LogP contribution in [-0.2, 0) is 11.0 Å². The van der Waals surface area contributed by atoms with E-state index in [0.717, 1.165) is 54.4 Å². The molecule has 7 nitrogen and oxygen atoms in total. The maximum absolute atomic E-state index is 11.5. The number of hydrogen-bond acceptors (Lipinski definition) is 7. The molecule has 0 atom stereocenters. The number of nitrogens with one attached hydrogen (secondary N) is 1. The quantitative estimate of drug-likeness (QED) is 0.251. The molecular weight excluding hydrogens is 504 g/mol. The van der Waals surface area contributed by atoms with Crippen molar-refractivity contribution < 1.29 is 14.0 Å². The number of piperidine rings is 1. The van der Waals surface area contributed by atoms with Crippen LogP contribution >= 0.6 is 11.6 Å². The van der Waals surface area contributed by atoms with Crippen LogP contribution in [-0.4, -0.2) is 51.1 Å². The Kier molecular flexibility index (Phi) is 8.11. The number of aldehydes is 1. The molecule has 3 aromatic rings. The highest BCUT2D eigenvalue weighted by molar-refractivity contribution is 6.74. The molecule has 1 N–H and O–H groups in total. The third-order valence-corrected chi connectivity index (χ3v) is 12.4. The lowest BCUT2D eigenvalue weighted by atomic mass is 10.1. The number of anilines is 2. The smallest absolute Gasteiger partial charge is 0.192 e. The van der Waals surface area contributed by atoms with Gasteiger partial charge in [0.25, 0.3) is 0 Å². The number of rotatable bonds is 8. The molecule has 0 spiro atoms. The van der Waals surface area contributed by atoms with E-state index in [4.69, 9.17) is 20.8 Å². The molecule has 1 saturated heterocycles. The van der Waals surface area contributed by atoms with E-state index in [1.165, 1.54) is 0 Å². The van der Waals surface area contributed by atoms with E-state index in [1.807, 2.05) is 36.4 Å². The summed E-state index contributed by atoms with van der Waals surface area (Å²) < 4.78 is 11.9. The first kappa shape index (κ1) is 27.4. The van der Waals surface area contributed by atoms with E-state index in [2.05, 4.69) is 54.3 Å². The zero-order chi connectivity index (χ0) is 26.8. The molecule has 2 aromatic carbocycles. The van der Waals surface area contributed by atoms with Gasteiger partial charge in [-0.1, -0.05) is 44.5 Å². The fourth-order valence-electron chi connectivity index (χ4n) is 4.38. The summed E-state index contributed by atoms with van der Waals surface area (Å²) in [5.41, 5.74) is 1.59. The first-order chi connectivity index (χ1) is 17.5. The normalized spacial score (nSPS) is 15.2. The topological polar surface area (TPSA) is 76.6 Å². The second-order valence-electron chi connectivity index (χ2n) is 11.2. The van der Waals surface area contributed by atoms with E-state index in [1.54, 1.807) is 7.11 Å². The maximum Gasteiger partial charge on any atom is 0.192 e. The molecule has 1 aliphatic heterocycles. The number of aromatic nitrogens is 2. The first-order valence-corrected chi connectivity index (χ1v) is 16.1. The average Bonchev–Trinajstić information content (AvgIpc) is 2.86. The van der Waals surface area contributed by atoms with E-state index in [0.29, 0.717) is 28.7 Å². The number of nitrogens with zero attached hydrogens (tertiary/aromatic N) is 3. The highest BCUT2D eigenvalue weighted by Gasteiger charge is 2.39. The zero-order valence-corrected chi connectivity index (χ0v) is 24.4. The number of fused-ring (bicyclic) bond motifs is 1. The van der Waals surface area contributed by atoms with Gasteiger partial charge in [0.1, 0.15) is 12.0 Å². The Morgan fingerprint density at radius 1 is 1.11 bits per heavy atom. The molecule has 2 heterocycles. The summed E-state index contributed by atoms with van der Waals surface area (Å²) in [6.07, 6.45) is 3.05. The first-order valence-electron chi connectivity index (χ1n) is 12.8. The summed E-state index contributed by atoms with van der Waals surface area (Å²) >= 11 is 6.29. The van der Waals surface area contributed by atoms with Gasteiger partial charge in [-0.15, -0.1) is 10.2 Å². The molecule has 0 saturated carbocycles. The number of carbonyl (C=O) groups excluding carboxylic acids is 1. The number of benzene rings is 2. The molecule has 0 bridgehead atoms. The second kappa shape index (κ2) is 11.0. The predicted molar refractivity (Wildman–Crippen MR) is 154 cm³/mol. The van der Waals surface area contributed by atoms with E-state index >= 15 is 0 Å². The van der Waals surface area contributed by atoms with Gasteiger partial charge in [-0.25, -0.2) is 0 Å². The van der Waals surface area contributed by atoms with E-state index in [9.17, 15) is 4.79 Å². The van der Waals surface area contributed by atoms with Crippen LogP contribution in [0.2, 0.25) is 23.2 Å². The number of halogens is 1. The minimum Gasteiger partial charge on any atom is -0.495 e. The summed E-state index contributed by atoms with van der Waals surface area (Å²) in [4.78, 5) is 13.8. The van der Waals surface area contributed by atoms with Gasteiger partial charge in [-0.3, -0.25) is 4.79 Å². The summed E-state index contributed by atoms with van der Waals surface area (Å²) in [7, 11) is -0.210. The van der Waals surface area contributed by atoms with Crippen molar-refractivity contribution >= 4 is 48.6 Å². The zero-order valence-electron chi connectivity index (χ0n) is 22.6. The molecule has 0 amide bonds. The SMILES string of the molecule is COc1ccc(CNc2nnc(N3CCC(O[Si](C)(C)C(C)(C)C)CC3)c3ccc(C=O)cc23)cc1Cl. The van der Waals surface area contributed by atoms with Gasteiger partial charge < -0.3 is 19.4 Å². The van der Waals surface area contributed by atoms with Crippen molar-refractivity contribution in [1.29, 1.82) is 0 Å². The van der Waals surface area contributed by atoms with Crippen LogP contribution in [0.3, 0.4) is 0 Å². The standard InChI is InChI=1S/C28H37ClN4O3Si/c1-28(2,3)37(5,6)36-21-11-13-33(14-12-21)27-22-9-7-20(18-34)15-23(22)26(31-32-27)30-17-19-8-10-25(35-4)24(29)16-19/h7-10,15-16,18,21H,11-14,17H2,1-6H3,(H,30,31). The van der Waals surface area contributed by atoms with Gasteiger partial charge in [-0.2, -0.15) is 0 Å². The van der Waals surface area contributed by atoms with Crippen LogP contribution in [0.5, 0.6) is 5.75 Å². The van der Waals surface area contributed by atoms with Crippen molar-refractivity contribution in [3.05, 3.63) is 52.5 Å². The Bertz CT molecular complexity index is 1270. The molecule has 1 aliphatic rings. The van der Waals surface area contributed by atoms with Crippen molar-refractivity contribution in [2.45, 2.75) is 64.4 Å². The Hall–Kier alpha value is -2.68. The summed E-state index contributed by atoms with van der Waals surface area (Å²) in [6.45, 7) is 13.7. The largest absolute Gasteiger partial charge is 0.495 e. The van der Waals surface area contributed by atoms with Crippen LogP contribution in [0, 0.1) is 0 Å². The van der Waals surface area contributed by atoms with Gasteiger partial charge in [0.05, 0.1) is 12.1 Å². The highest BCUT2D eigenvalue weighted by atomic mass is 35.5. The van der Waals surface area contributed by atoms with Crippen molar-refractivity contribution in [2.24, 2.45) is 0 Å². The summed E-state index contributed by atoms with van der Waals surface area (Å²) in [6, 6.07) is 11.3. The van der Waals surface area contributed by atoms with Gasteiger partial charge in [0.15, 0.2) is 20.0 Å². The van der Waals surface area contributed by atoms with Crippen LogP contribution in [0.15, 0.2) is 36.4 Å². The molecule has 9 heteroatoms. The second-order valence-corrected chi connectivity index (χ2v) is 16.3. The summed E-state index contributed by atoms with van der Waals surface area (Å²) in [5, 5.41) is 15.1. The molecule has 1 fully saturated rings. The lowest BCUT2D eigenvalue weighted by molar-refractivity contribution is 0.112. The van der Waals surface area contributed by atoms with Gasteiger partial charge in [0.2, 0.25) is 0 Å². The van der Waals surface area contributed by atoms with Gasteiger partial charge in [-0.05, 0) is 60.8 Å². The molecule has 0 radical (unpaired) electrons. The minimum absolute atomic E-state index is 0.197. The van der Waals surface area contributed by atoms with Crippen LogP contribution < -0.4 is 15.0 Å². The fourth-order valence-corrected chi connectivity index (χ4v) is 6.08. The Balaban J connectivity index is 1.54. The molecule has 0 aliphatic carbocycles. The van der Waals surface area contributed by atoms with E-state index < -0.39 is 8.32 Å². The maximum atomic E-state index is 11.5. The van der Waals surface area contributed by atoms with Gasteiger partial charge in [0, 0.05) is 42.1 Å². The van der Waals surface area contributed by atoms with E-state index in [-0.39, 0.29) is 11.1 Å². The third-order valence-electron chi connectivity index (χ3n) is 7.61.